The maximum absolute atomic E-state index is 11.3. The summed E-state index contributed by atoms with van der Waals surface area (Å²) in [5.74, 6) is -1.66. The molecule has 2 atom stereocenters. The van der Waals surface area contributed by atoms with Crippen molar-refractivity contribution in [2.45, 2.75) is 19.0 Å². The first-order chi connectivity index (χ1) is 9.58. The second-order valence-corrected chi connectivity index (χ2v) is 4.93. The number of carboxylic acids is 1. The molecule has 2 rings (SSSR count). The number of aliphatic carboxylic acids is 1. The minimum absolute atomic E-state index is 0.0388. The number of hydrogen-bond acceptors (Lipinski definition) is 3. The van der Waals surface area contributed by atoms with Crippen LogP contribution < -0.4 is 5.32 Å². The first-order valence-electron chi connectivity index (χ1n) is 6.56. The smallest absolute Gasteiger partial charge is 0.407 e. The Kier molecular flexibility index (Phi) is 4.57. The first kappa shape index (κ1) is 14.3. The maximum atomic E-state index is 11.3. The SMILES string of the molecule is O=C(O)C1CN(C(=O)O)CCC1NCc1ccccc1. The molecule has 1 aliphatic rings. The van der Waals surface area contributed by atoms with E-state index in [1.54, 1.807) is 0 Å². The second kappa shape index (κ2) is 6.38. The van der Waals surface area contributed by atoms with Gasteiger partial charge in [-0.05, 0) is 12.0 Å². The van der Waals surface area contributed by atoms with Gasteiger partial charge in [-0.2, -0.15) is 0 Å². The van der Waals surface area contributed by atoms with Gasteiger partial charge in [-0.25, -0.2) is 4.79 Å². The topological polar surface area (TPSA) is 89.9 Å². The Morgan fingerprint density at radius 2 is 1.95 bits per heavy atom. The van der Waals surface area contributed by atoms with Crippen molar-refractivity contribution in [3.8, 4) is 0 Å². The molecule has 1 aromatic carbocycles. The third-order valence-corrected chi connectivity index (χ3v) is 3.61. The van der Waals surface area contributed by atoms with Gasteiger partial charge in [0.15, 0.2) is 0 Å². The van der Waals surface area contributed by atoms with Gasteiger partial charge in [0.2, 0.25) is 0 Å². The first-order valence-corrected chi connectivity index (χ1v) is 6.56. The lowest BCUT2D eigenvalue weighted by Crippen LogP contribution is -2.53. The van der Waals surface area contributed by atoms with Gasteiger partial charge in [0, 0.05) is 25.7 Å². The van der Waals surface area contributed by atoms with Crippen LogP contribution in [-0.4, -0.2) is 46.3 Å². The Balaban J connectivity index is 1.96. The largest absolute Gasteiger partial charge is 0.481 e. The van der Waals surface area contributed by atoms with E-state index in [2.05, 4.69) is 5.32 Å². The number of carboxylic acid groups (broad SMARTS) is 2. The van der Waals surface area contributed by atoms with Crippen molar-refractivity contribution in [1.29, 1.82) is 0 Å². The molecular formula is C14H18N2O4. The quantitative estimate of drug-likeness (QED) is 0.770. The fraction of sp³-hybridized carbons (Fsp3) is 0.429. The van der Waals surface area contributed by atoms with Gasteiger partial charge >= 0.3 is 12.1 Å². The van der Waals surface area contributed by atoms with Crippen LogP contribution in [0, 0.1) is 5.92 Å². The third kappa shape index (κ3) is 3.48. The summed E-state index contributed by atoms with van der Waals surface area (Å²) in [6, 6.07) is 9.51. The highest BCUT2D eigenvalue weighted by atomic mass is 16.4. The van der Waals surface area contributed by atoms with Crippen LogP contribution in [-0.2, 0) is 11.3 Å². The van der Waals surface area contributed by atoms with Gasteiger partial charge in [-0.15, -0.1) is 0 Å². The molecule has 1 heterocycles. The minimum Gasteiger partial charge on any atom is -0.481 e. The Hall–Kier alpha value is -2.08. The van der Waals surface area contributed by atoms with Crippen molar-refractivity contribution in [2.24, 2.45) is 5.92 Å². The summed E-state index contributed by atoms with van der Waals surface area (Å²) < 4.78 is 0. The van der Waals surface area contributed by atoms with Crippen molar-refractivity contribution in [2.75, 3.05) is 13.1 Å². The van der Waals surface area contributed by atoms with Crippen molar-refractivity contribution >= 4 is 12.1 Å². The van der Waals surface area contributed by atoms with Crippen molar-refractivity contribution in [3.63, 3.8) is 0 Å². The summed E-state index contributed by atoms with van der Waals surface area (Å²) in [5.41, 5.74) is 1.08. The van der Waals surface area contributed by atoms with E-state index >= 15 is 0 Å². The zero-order valence-electron chi connectivity index (χ0n) is 11.0. The number of likely N-dealkylation sites (tertiary alicyclic amines) is 1. The molecule has 0 aromatic heterocycles. The third-order valence-electron chi connectivity index (χ3n) is 3.61. The number of nitrogens with one attached hydrogen (secondary N) is 1. The Morgan fingerprint density at radius 3 is 2.55 bits per heavy atom. The van der Waals surface area contributed by atoms with E-state index in [9.17, 15) is 14.7 Å². The van der Waals surface area contributed by atoms with Crippen LogP contribution in [0.25, 0.3) is 0 Å². The second-order valence-electron chi connectivity index (χ2n) is 4.93. The standard InChI is InChI=1S/C14H18N2O4/c17-13(18)11-9-16(14(19)20)7-6-12(11)15-8-10-4-2-1-3-5-10/h1-5,11-12,15H,6-9H2,(H,17,18)(H,19,20). The molecule has 3 N–H and O–H groups in total. The lowest BCUT2D eigenvalue weighted by Gasteiger charge is -2.35. The van der Waals surface area contributed by atoms with Crippen molar-refractivity contribution in [1.82, 2.24) is 10.2 Å². The molecule has 0 bridgehead atoms. The molecule has 1 amide bonds. The molecule has 0 saturated carbocycles. The van der Waals surface area contributed by atoms with Gasteiger partial charge in [0.1, 0.15) is 0 Å². The van der Waals surface area contributed by atoms with Crippen LogP contribution in [0.3, 0.4) is 0 Å². The molecule has 20 heavy (non-hydrogen) atoms. The molecule has 0 aliphatic carbocycles. The summed E-state index contributed by atoms with van der Waals surface area (Å²) in [5, 5.41) is 21.4. The number of amides is 1. The molecule has 1 fully saturated rings. The average Bonchev–Trinajstić information content (AvgIpc) is 2.45. The molecule has 6 nitrogen and oxygen atoms in total. The van der Waals surface area contributed by atoms with Gasteiger partial charge < -0.3 is 20.4 Å². The Bertz CT molecular complexity index is 477. The van der Waals surface area contributed by atoms with Crippen molar-refractivity contribution < 1.29 is 19.8 Å². The van der Waals surface area contributed by atoms with E-state index in [1.165, 1.54) is 4.90 Å². The zero-order valence-corrected chi connectivity index (χ0v) is 11.0. The zero-order chi connectivity index (χ0) is 14.5. The van der Waals surface area contributed by atoms with Crippen LogP contribution in [0.5, 0.6) is 0 Å². The Labute approximate surface area is 117 Å². The number of benzene rings is 1. The summed E-state index contributed by atoms with van der Waals surface area (Å²) in [6.07, 6.45) is -0.548. The molecule has 108 valence electrons. The summed E-state index contributed by atoms with van der Waals surface area (Å²) in [4.78, 5) is 23.4. The predicted octanol–water partition coefficient (Wildman–Crippen LogP) is 1.23. The minimum atomic E-state index is -1.06. The monoisotopic (exact) mass is 278 g/mol. The van der Waals surface area contributed by atoms with E-state index in [-0.39, 0.29) is 12.6 Å². The van der Waals surface area contributed by atoms with Gasteiger partial charge in [-0.1, -0.05) is 30.3 Å². The number of nitrogens with zero attached hydrogens (tertiary/aromatic N) is 1. The van der Waals surface area contributed by atoms with Crippen LogP contribution >= 0.6 is 0 Å². The molecular weight excluding hydrogens is 260 g/mol. The molecule has 6 heteroatoms. The molecule has 1 saturated heterocycles. The van der Waals surface area contributed by atoms with E-state index in [4.69, 9.17) is 5.11 Å². The lowest BCUT2D eigenvalue weighted by molar-refractivity contribution is -0.144. The highest BCUT2D eigenvalue weighted by molar-refractivity contribution is 5.73. The van der Waals surface area contributed by atoms with Crippen LogP contribution in [0.4, 0.5) is 4.79 Å². The van der Waals surface area contributed by atoms with Gasteiger partial charge in [0.25, 0.3) is 0 Å². The maximum Gasteiger partial charge on any atom is 0.407 e. The molecule has 1 aromatic rings. The summed E-state index contributed by atoms with van der Waals surface area (Å²) in [7, 11) is 0. The summed E-state index contributed by atoms with van der Waals surface area (Å²) >= 11 is 0. The molecule has 1 aliphatic heterocycles. The average molecular weight is 278 g/mol. The van der Waals surface area contributed by atoms with Crippen LogP contribution in [0.15, 0.2) is 30.3 Å². The fourth-order valence-electron chi connectivity index (χ4n) is 2.47. The van der Waals surface area contributed by atoms with Crippen molar-refractivity contribution in [3.05, 3.63) is 35.9 Å². The predicted molar refractivity (Wildman–Crippen MR) is 72.4 cm³/mol. The highest BCUT2D eigenvalue weighted by Gasteiger charge is 2.35. The molecule has 0 radical (unpaired) electrons. The normalized spacial score (nSPS) is 22.5. The number of rotatable bonds is 4. The lowest BCUT2D eigenvalue weighted by atomic mass is 9.92. The van der Waals surface area contributed by atoms with Gasteiger partial charge in [-0.3, -0.25) is 4.79 Å². The Morgan fingerprint density at radius 1 is 1.25 bits per heavy atom. The van der Waals surface area contributed by atoms with Crippen LogP contribution in [0.2, 0.25) is 0 Å². The fourth-order valence-corrected chi connectivity index (χ4v) is 2.47. The van der Waals surface area contributed by atoms with Gasteiger partial charge in [0.05, 0.1) is 5.92 Å². The van der Waals surface area contributed by atoms with E-state index < -0.39 is 18.0 Å². The molecule has 0 spiro atoms. The molecule has 2 unspecified atom stereocenters. The van der Waals surface area contributed by atoms with E-state index in [0.717, 1.165) is 5.56 Å². The van der Waals surface area contributed by atoms with E-state index in [1.807, 2.05) is 30.3 Å². The summed E-state index contributed by atoms with van der Waals surface area (Å²) in [6.45, 7) is 0.991. The van der Waals surface area contributed by atoms with E-state index in [0.29, 0.717) is 19.5 Å². The van der Waals surface area contributed by atoms with Crippen LogP contribution in [0.1, 0.15) is 12.0 Å². The number of hydrogen-bond donors (Lipinski definition) is 3. The highest BCUT2D eigenvalue weighted by Crippen LogP contribution is 2.18. The number of piperidine rings is 1. The number of carbonyl (C=O) groups is 2.